The van der Waals surface area contributed by atoms with Gasteiger partial charge in [-0.25, -0.2) is 9.97 Å². The van der Waals surface area contributed by atoms with Crippen molar-refractivity contribution in [1.29, 1.82) is 0 Å². The third-order valence-electron chi connectivity index (χ3n) is 3.48. The molecule has 0 aliphatic rings. The van der Waals surface area contributed by atoms with E-state index in [4.69, 9.17) is 0 Å². The molecule has 0 aliphatic heterocycles. The lowest BCUT2D eigenvalue weighted by atomic mass is 9.88. The fourth-order valence-electron chi connectivity index (χ4n) is 2.65. The summed E-state index contributed by atoms with van der Waals surface area (Å²) >= 11 is 0. The highest BCUT2D eigenvalue weighted by Crippen LogP contribution is 2.27. The number of aromatic nitrogens is 2. The second-order valence-electron chi connectivity index (χ2n) is 6.68. The van der Waals surface area contributed by atoms with Gasteiger partial charge in [0, 0.05) is 10.9 Å². The van der Waals surface area contributed by atoms with Crippen LogP contribution < -0.4 is 0 Å². The molecular weight excluding hydrogens is 256 g/mol. The normalized spacial score (nSPS) is 11.8. The summed E-state index contributed by atoms with van der Waals surface area (Å²) in [6, 6.07) is 16.8. The SMILES string of the molecule is CC(C)(C)Cc1ccc2c(-c3ccccc3)ncnc2c1. The summed E-state index contributed by atoms with van der Waals surface area (Å²) in [6.45, 7) is 6.77. The van der Waals surface area contributed by atoms with Gasteiger partial charge in [-0.3, -0.25) is 0 Å². The lowest BCUT2D eigenvalue weighted by Gasteiger charge is -2.18. The monoisotopic (exact) mass is 276 g/mol. The van der Waals surface area contributed by atoms with E-state index in [-0.39, 0.29) is 5.41 Å². The van der Waals surface area contributed by atoms with Crippen LogP contribution in [-0.4, -0.2) is 9.97 Å². The quantitative estimate of drug-likeness (QED) is 0.666. The summed E-state index contributed by atoms with van der Waals surface area (Å²) in [6.07, 6.45) is 2.71. The summed E-state index contributed by atoms with van der Waals surface area (Å²) in [5.74, 6) is 0. The Bertz CT molecular complexity index is 755. The van der Waals surface area contributed by atoms with Crippen LogP contribution in [0, 0.1) is 5.41 Å². The Hall–Kier alpha value is -2.22. The topological polar surface area (TPSA) is 25.8 Å². The largest absolute Gasteiger partial charge is 0.236 e. The van der Waals surface area contributed by atoms with Crippen molar-refractivity contribution in [1.82, 2.24) is 9.97 Å². The minimum Gasteiger partial charge on any atom is -0.236 e. The van der Waals surface area contributed by atoms with Gasteiger partial charge in [0.15, 0.2) is 0 Å². The van der Waals surface area contributed by atoms with Crippen LogP contribution in [0.25, 0.3) is 22.2 Å². The minimum absolute atomic E-state index is 0.281. The van der Waals surface area contributed by atoms with E-state index in [0.717, 1.165) is 28.6 Å². The molecule has 0 unspecified atom stereocenters. The fourth-order valence-corrected chi connectivity index (χ4v) is 2.65. The second-order valence-corrected chi connectivity index (χ2v) is 6.68. The molecule has 0 saturated carbocycles. The van der Waals surface area contributed by atoms with Crippen LogP contribution >= 0.6 is 0 Å². The van der Waals surface area contributed by atoms with E-state index < -0.39 is 0 Å². The molecule has 0 bridgehead atoms. The Labute approximate surface area is 125 Å². The molecule has 106 valence electrons. The van der Waals surface area contributed by atoms with Gasteiger partial charge in [0.05, 0.1) is 11.2 Å². The molecule has 3 aromatic rings. The lowest BCUT2D eigenvalue weighted by Crippen LogP contribution is -2.09. The van der Waals surface area contributed by atoms with Gasteiger partial charge >= 0.3 is 0 Å². The van der Waals surface area contributed by atoms with Gasteiger partial charge in [-0.1, -0.05) is 63.2 Å². The first kappa shape index (κ1) is 13.7. The summed E-state index contributed by atoms with van der Waals surface area (Å²) in [5, 5.41) is 1.11. The number of nitrogens with zero attached hydrogens (tertiary/aromatic N) is 2. The summed E-state index contributed by atoms with van der Waals surface area (Å²) in [4.78, 5) is 8.92. The molecule has 0 aliphatic carbocycles. The molecule has 1 heterocycles. The standard InChI is InChI=1S/C19H20N2/c1-19(2,3)12-14-9-10-16-17(11-14)20-13-21-18(16)15-7-5-4-6-8-15/h4-11,13H,12H2,1-3H3. The summed E-state index contributed by atoms with van der Waals surface area (Å²) in [5.41, 5.74) is 4.76. The maximum absolute atomic E-state index is 4.47. The summed E-state index contributed by atoms with van der Waals surface area (Å²) in [7, 11) is 0. The van der Waals surface area contributed by atoms with Crippen molar-refractivity contribution < 1.29 is 0 Å². The molecule has 3 rings (SSSR count). The first-order valence-electron chi connectivity index (χ1n) is 7.32. The molecular formula is C19H20N2. The van der Waals surface area contributed by atoms with Crippen LogP contribution in [0.3, 0.4) is 0 Å². The van der Waals surface area contributed by atoms with Crippen molar-refractivity contribution in [2.75, 3.05) is 0 Å². The zero-order valence-electron chi connectivity index (χ0n) is 12.8. The van der Waals surface area contributed by atoms with Gasteiger partial charge in [-0.05, 0) is 23.5 Å². The number of hydrogen-bond donors (Lipinski definition) is 0. The van der Waals surface area contributed by atoms with Gasteiger partial charge < -0.3 is 0 Å². The first-order chi connectivity index (χ1) is 10.0. The lowest BCUT2D eigenvalue weighted by molar-refractivity contribution is 0.411. The Balaban J connectivity index is 2.09. The fraction of sp³-hybridized carbons (Fsp3) is 0.263. The highest BCUT2D eigenvalue weighted by atomic mass is 14.8. The molecule has 2 heteroatoms. The van der Waals surface area contributed by atoms with Gasteiger partial charge in [0.2, 0.25) is 0 Å². The Morgan fingerprint density at radius 1 is 0.905 bits per heavy atom. The highest BCUT2D eigenvalue weighted by molar-refractivity contribution is 5.92. The van der Waals surface area contributed by atoms with Crippen LogP contribution in [0.2, 0.25) is 0 Å². The third kappa shape index (κ3) is 3.10. The van der Waals surface area contributed by atoms with Gasteiger partial charge in [0.25, 0.3) is 0 Å². The molecule has 0 N–H and O–H groups in total. The van der Waals surface area contributed by atoms with Crippen molar-refractivity contribution in [2.24, 2.45) is 5.41 Å². The molecule has 0 spiro atoms. The van der Waals surface area contributed by atoms with Crippen molar-refractivity contribution in [3.8, 4) is 11.3 Å². The number of hydrogen-bond acceptors (Lipinski definition) is 2. The average molecular weight is 276 g/mol. The van der Waals surface area contributed by atoms with Crippen molar-refractivity contribution in [2.45, 2.75) is 27.2 Å². The van der Waals surface area contributed by atoms with Crippen LogP contribution in [-0.2, 0) is 6.42 Å². The van der Waals surface area contributed by atoms with Crippen LogP contribution in [0.5, 0.6) is 0 Å². The maximum Gasteiger partial charge on any atom is 0.116 e. The molecule has 0 atom stereocenters. The molecule has 21 heavy (non-hydrogen) atoms. The molecule has 0 fully saturated rings. The maximum atomic E-state index is 4.47. The third-order valence-corrected chi connectivity index (χ3v) is 3.48. The Kier molecular flexibility index (Phi) is 3.46. The zero-order valence-corrected chi connectivity index (χ0v) is 12.8. The predicted molar refractivity (Wildman–Crippen MR) is 88.1 cm³/mol. The van der Waals surface area contributed by atoms with E-state index in [1.165, 1.54) is 5.56 Å². The van der Waals surface area contributed by atoms with Gasteiger partial charge in [-0.15, -0.1) is 0 Å². The van der Waals surface area contributed by atoms with Crippen molar-refractivity contribution >= 4 is 10.9 Å². The van der Waals surface area contributed by atoms with E-state index in [1.807, 2.05) is 18.2 Å². The van der Waals surface area contributed by atoms with Crippen LogP contribution in [0.15, 0.2) is 54.9 Å². The van der Waals surface area contributed by atoms with Crippen LogP contribution in [0.1, 0.15) is 26.3 Å². The molecule has 0 saturated heterocycles. The average Bonchev–Trinajstić information content (AvgIpc) is 2.45. The highest BCUT2D eigenvalue weighted by Gasteiger charge is 2.13. The zero-order chi connectivity index (χ0) is 14.9. The molecule has 2 nitrogen and oxygen atoms in total. The Morgan fingerprint density at radius 3 is 2.38 bits per heavy atom. The molecule has 0 amide bonds. The smallest absolute Gasteiger partial charge is 0.116 e. The number of benzene rings is 2. The van der Waals surface area contributed by atoms with Crippen molar-refractivity contribution in [3.05, 3.63) is 60.4 Å². The molecule has 0 radical (unpaired) electrons. The van der Waals surface area contributed by atoms with E-state index in [2.05, 4.69) is 61.1 Å². The predicted octanol–water partition coefficient (Wildman–Crippen LogP) is 4.89. The second kappa shape index (κ2) is 5.28. The molecule has 2 aromatic carbocycles. The first-order valence-corrected chi connectivity index (χ1v) is 7.32. The Morgan fingerprint density at radius 2 is 1.67 bits per heavy atom. The van der Waals surface area contributed by atoms with Crippen molar-refractivity contribution in [3.63, 3.8) is 0 Å². The minimum atomic E-state index is 0.281. The van der Waals surface area contributed by atoms with E-state index in [9.17, 15) is 0 Å². The van der Waals surface area contributed by atoms with Gasteiger partial charge in [-0.2, -0.15) is 0 Å². The van der Waals surface area contributed by atoms with Crippen LogP contribution in [0.4, 0.5) is 0 Å². The number of rotatable bonds is 2. The van der Waals surface area contributed by atoms with E-state index in [1.54, 1.807) is 6.33 Å². The van der Waals surface area contributed by atoms with E-state index in [0.29, 0.717) is 0 Å². The number of fused-ring (bicyclic) bond motifs is 1. The van der Waals surface area contributed by atoms with E-state index >= 15 is 0 Å². The summed E-state index contributed by atoms with van der Waals surface area (Å²) < 4.78 is 0. The van der Waals surface area contributed by atoms with Gasteiger partial charge in [0.1, 0.15) is 6.33 Å². The molecule has 1 aromatic heterocycles.